The lowest BCUT2D eigenvalue weighted by atomic mass is 10.1. The largest absolute Gasteiger partial charge is 0.474 e. The Balaban J connectivity index is 1.39. The Morgan fingerprint density at radius 1 is 1.30 bits per heavy atom. The van der Waals surface area contributed by atoms with Gasteiger partial charge in [-0.3, -0.25) is 9.48 Å². The molecule has 1 aliphatic heterocycles. The van der Waals surface area contributed by atoms with Crippen molar-refractivity contribution >= 4 is 17.2 Å². The molecule has 8 heteroatoms. The highest BCUT2D eigenvalue weighted by Crippen LogP contribution is 2.25. The van der Waals surface area contributed by atoms with Crippen molar-refractivity contribution in [1.29, 1.82) is 0 Å². The first-order valence-corrected chi connectivity index (χ1v) is 9.81. The number of likely N-dealkylation sites (tertiary alicyclic amines) is 1. The van der Waals surface area contributed by atoms with E-state index in [0.29, 0.717) is 30.5 Å². The first kappa shape index (κ1) is 17.7. The average Bonchev–Trinajstić information content (AvgIpc) is 3.31. The Hall–Kier alpha value is -2.74. The van der Waals surface area contributed by atoms with Gasteiger partial charge in [0, 0.05) is 45.2 Å². The fourth-order valence-corrected chi connectivity index (χ4v) is 3.90. The van der Waals surface area contributed by atoms with E-state index in [1.165, 1.54) is 0 Å². The normalized spacial score (nSPS) is 15.1. The van der Waals surface area contributed by atoms with Crippen LogP contribution in [0.5, 0.6) is 5.88 Å². The number of amides is 1. The zero-order valence-corrected chi connectivity index (χ0v) is 16.1. The molecule has 0 aromatic carbocycles. The Morgan fingerprint density at radius 3 is 2.81 bits per heavy atom. The summed E-state index contributed by atoms with van der Waals surface area (Å²) in [5.41, 5.74) is 1.46. The van der Waals surface area contributed by atoms with Crippen LogP contribution in [0, 0.1) is 6.92 Å². The molecule has 0 N–H and O–H groups in total. The summed E-state index contributed by atoms with van der Waals surface area (Å²) in [5, 5.41) is 6.50. The van der Waals surface area contributed by atoms with Crippen molar-refractivity contribution in [2.75, 3.05) is 13.1 Å². The van der Waals surface area contributed by atoms with Crippen LogP contribution in [0.3, 0.4) is 0 Å². The van der Waals surface area contributed by atoms with Gasteiger partial charge in [-0.25, -0.2) is 4.98 Å². The summed E-state index contributed by atoms with van der Waals surface area (Å²) in [7, 11) is 1.82. The molecule has 0 aliphatic carbocycles. The SMILES string of the molecule is Cc1nccc(OC2CCN(C(=O)c3cc(-c4cccs4)nn3C)CC2)n1. The minimum absolute atomic E-state index is 0.0177. The van der Waals surface area contributed by atoms with Crippen LogP contribution in [0.15, 0.2) is 35.8 Å². The van der Waals surface area contributed by atoms with E-state index >= 15 is 0 Å². The second kappa shape index (κ2) is 7.48. The quantitative estimate of drug-likeness (QED) is 0.693. The minimum Gasteiger partial charge on any atom is -0.474 e. The number of hydrogen-bond donors (Lipinski definition) is 0. The molecule has 4 rings (SSSR count). The summed E-state index contributed by atoms with van der Waals surface area (Å²) in [6.07, 6.45) is 3.33. The number of aryl methyl sites for hydroxylation is 2. The lowest BCUT2D eigenvalue weighted by Crippen LogP contribution is -2.42. The molecule has 0 atom stereocenters. The van der Waals surface area contributed by atoms with Crippen LogP contribution in [0.1, 0.15) is 29.2 Å². The predicted molar refractivity (Wildman–Crippen MR) is 103 cm³/mol. The molecule has 140 valence electrons. The van der Waals surface area contributed by atoms with Gasteiger partial charge >= 0.3 is 0 Å². The van der Waals surface area contributed by atoms with Gasteiger partial charge in [0.15, 0.2) is 0 Å². The van der Waals surface area contributed by atoms with Crippen molar-refractivity contribution in [2.24, 2.45) is 7.05 Å². The second-order valence-electron chi connectivity index (χ2n) is 6.57. The van der Waals surface area contributed by atoms with Gasteiger partial charge < -0.3 is 9.64 Å². The molecule has 1 aliphatic rings. The number of thiophene rings is 1. The third kappa shape index (κ3) is 3.85. The van der Waals surface area contributed by atoms with Gasteiger partial charge in [-0.1, -0.05) is 6.07 Å². The predicted octanol–water partition coefficient (Wildman–Crippen LogP) is 2.93. The zero-order valence-electron chi connectivity index (χ0n) is 15.3. The molecule has 0 spiro atoms. The molecule has 1 saturated heterocycles. The molecule has 1 amide bonds. The van der Waals surface area contributed by atoms with Crippen molar-refractivity contribution < 1.29 is 9.53 Å². The van der Waals surface area contributed by atoms with E-state index in [0.717, 1.165) is 23.4 Å². The average molecular weight is 383 g/mol. The molecule has 7 nitrogen and oxygen atoms in total. The molecule has 3 aromatic heterocycles. The maximum absolute atomic E-state index is 12.9. The van der Waals surface area contributed by atoms with Gasteiger partial charge in [-0.15, -0.1) is 11.3 Å². The lowest BCUT2D eigenvalue weighted by Gasteiger charge is -2.31. The molecule has 27 heavy (non-hydrogen) atoms. The number of hydrogen-bond acceptors (Lipinski definition) is 6. The Kier molecular flexibility index (Phi) is 4.89. The summed E-state index contributed by atoms with van der Waals surface area (Å²) in [4.78, 5) is 24.2. The van der Waals surface area contributed by atoms with Gasteiger partial charge in [0.05, 0.1) is 4.88 Å². The summed E-state index contributed by atoms with van der Waals surface area (Å²) in [6.45, 7) is 3.16. The van der Waals surface area contributed by atoms with Crippen LogP contribution < -0.4 is 4.74 Å². The zero-order chi connectivity index (χ0) is 18.8. The molecule has 0 radical (unpaired) electrons. The molecule has 0 saturated carbocycles. The van der Waals surface area contributed by atoms with Gasteiger partial charge in [-0.05, 0) is 24.4 Å². The van der Waals surface area contributed by atoms with Crippen LogP contribution in [0.2, 0.25) is 0 Å². The highest BCUT2D eigenvalue weighted by molar-refractivity contribution is 7.13. The van der Waals surface area contributed by atoms with Crippen molar-refractivity contribution in [2.45, 2.75) is 25.9 Å². The van der Waals surface area contributed by atoms with Crippen LogP contribution in [0.4, 0.5) is 0 Å². The highest BCUT2D eigenvalue weighted by atomic mass is 32.1. The van der Waals surface area contributed by atoms with E-state index < -0.39 is 0 Å². The highest BCUT2D eigenvalue weighted by Gasteiger charge is 2.27. The Morgan fingerprint density at radius 2 is 2.11 bits per heavy atom. The number of ether oxygens (including phenoxy) is 1. The standard InChI is InChI=1S/C19H21N5O2S/c1-13-20-8-5-18(21-13)26-14-6-9-24(10-7-14)19(25)16-12-15(22-23(16)2)17-4-3-11-27-17/h3-5,8,11-12,14H,6-7,9-10H2,1-2H3. The fraction of sp³-hybridized carbons (Fsp3) is 0.368. The number of nitrogens with zero attached hydrogens (tertiary/aromatic N) is 5. The van der Waals surface area contributed by atoms with E-state index in [1.54, 1.807) is 28.3 Å². The van der Waals surface area contributed by atoms with E-state index in [9.17, 15) is 4.79 Å². The smallest absolute Gasteiger partial charge is 0.272 e. The third-order valence-electron chi connectivity index (χ3n) is 4.64. The van der Waals surface area contributed by atoms with Crippen LogP contribution in [-0.2, 0) is 7.05 Å². The van der Waals surface area contributed by atoms with Gasteiger partial charge in [0.1, 0.15) is 23.3 Å². The molecule has 0 bridgehead atoms. The number of piperidine rings is 1. The molecule has 4 heterocycles. The molecule has 1 fully saturated rings. The van der Waals surface area contributed by atoms with E-state index in [2.05, 4.69) is 15.1 Å². The van der Waals surface area contributed by atoms with Crippen LogP contribution in [-0.4, -0.2) is 49.7 Å². The van der Waals surface area contributed by atoms with Gasteiger partial charge in [0.25, 0.3) is 5.91 Å². The number of carbonyl (C=O) groups excluding carboxylic acids is 1. The van der Waals surface area contributed by atoms with Gasteiger partial charge in [0.2, 0.25) is 5.88 Å². The number of carbonyl (C=O) groups is 1. The van der Waals surface area contributed by atoms with Crippen LogP contribution in [0.25, 0.3) is 10.6 Å². The van der Waals surface area contributed by atoms with E-state index in [4.69, 9.17) is 4.74 Å². The Bertz CT molecular complexity index is 929. The van der Waals surface area contributed by atoms with Gasteiger partial charge in [-0.2, -0.15) is 10.1 Å². The lowest BCUT2D eigenvalue weighted by molar-refractivity contribution is 0.0577. The summed E-state index contributed by atoms with van der Waals surface area (Å²) < 4.78 is 7.61. The summed E-state index contributed by atoms with van der Waals surface area (Å²) in [6, 6.07) is 7.64. The molecular formula is C19H21N5O2S. The number of aromatic nitrogens is 4. The topological polar surface area (TPSA) is 73.1 Å². The summed E-state index contributed by atoms with van der Waals surface area (Å²) in [5.74, 6) is 1.31. The maximum atomic E-state index is 12.9. The number of rotatable bonds is 4. The minimum atomic E-state index is 0.0177. The van der Waals surface area contributed by atoms with Crippen molar-refractivity contribution in [3.8, 4) is 16.5 Å². The monoisotopic (exact) mass is 383 g/mol. The molecule has 3 aromatic rings. The summed E-state index contributed by atoms with van der Waals surface area (Å²) >= 11 is 1.62. The third-order valence-corrected chi connectivity index (χ3v) is 5.53. The molecule has 0 unspecified atom stereocenters. The first-order chi connectivity index (χ1) is 13.1. The van der Waals surface area contributed by atoms with Crippen LogP contribution >= 0.6 is 11.3 Å². The van der Waals surface area contributed by atoms with Crippen molar-refractivity contribution in [3.63, 3.8) is 0 Å². The Labute approximate surface area is 161 Å². The molecular weight excluding hydrogens is 362 g/mol. The van der Waals surface area contributed by atoms with E-state index in [1.807, 2.05) is 42.5 Å². The maximum Gasteiger partial charge on any atom is 0.272 e. The first-order valence-electron chi connectivity index (χ1n) is 8.93. The van der Waals surface area contributed by atoms with Crippen molar-refractivity contribution in [3.05, 3.63) is 47.4 Å². The van der Waals surface area contributed by atoms with E-state index in [-0.39, 0.29) is 12.0 Å². The fourth-order valence-electron chi connectivity index (χ4n) is 3.22. The van der Waals surface area contributed by atoms with Crippen molar-refractivity contribution in [1.82, 2.24) is 24.6 Å². The second-order valence-corrected chi connectivity index (χ2v) is 7.51.